The van der Waals surface area contributed by atoms with Gasteiger partial charge in [0.1, 0.15) is 12.4 Å². The van der Waals surface area contributed by atoms with E-state index in [1.165, 1.54) is 18.5 Å². The highest BCUT2D eigenvalue weighted by atomic mass is 35.5. The molecule has 2 rings (SSSR count). The third kappa shape index (κ3) is 6.91. The minimum absolute atomic E-state index is 0.00153. The number of hydrogen-bond acceptors (Lipinski definition) is 5. The quantitative estimate of drug-likeness (QED) is 0.718. The van der Waals surface area contributed by atoms with Crippen LogP contribution in [0, 0.1) is 0 Å². The van der Waals surface area contributed by atoms with Crippen molar-refractivity contribution in [2.24, 2.45) is 0 Å². The molecule has 11 heteroatoms. The van der Waals surface area contributed by atoms with Crippen molar-refractivity contribution in [2.45, 2.75) is 6.18 Å². The Balaban J connectivity index is 2.13. The van der Waals surface area contributed by atoms with E-state index in [0.29, 0.717) is 6.54 Å². The lowest BCUT2D eigenvalue weighted by Gasteiger charge is -2.15. The molecular formula is C16H17ClF3N5O2. The van der Waals surface area contributed by atoms with Gasteiger partial charge in [0, 0.05) is 18.3 Å². The summed E-state index contributed by atoms with van der Waals surface area (Å²) in [6, 6.07) is 2.24. The van der Waals surface area contributed by atoms with Crippen molar-refractivity contribution in [3.63, 3.8) is 0 Å². The molecule has 0 radical (unpaired) electrons. The van der Waals surface area contributed by atoms with Crippen LogP contribution in [0.2, 0.25) is 5.28 Å². The van der Waals surface area contributed by atoms with E-state index in [1.807, 2.05) is 19.0 Å². The molecule has 0 atom stereocenters. The van der Waals surface area contributed by atoms with Gasteiger partial charge in [0.2, 0.25) is 5.28 Å². The van der Waals surface area contributed by atoms with Crippen LogP contribution in [0.1, 0.15) is 5.56 Å². The van der Waals surface area contributed by atoms with Gasteiger partial charge in [-0.2, -0.15) is 13.2 Å². The zero-order valence-corrected chi connectivity index (χ0v) is 15.2. The number of benzene rings is 1. The fraction of sp³-hybridized carbons (Fsp3) is 0.312. The number of rotatable bonds is 6. The van der Waals surface area contributed by atoms with Crippen molar-refractivity contribution >= 4 is 29.0 Å². The van der Waals surface area contributed by atoms with Gasteiger partial charge in [-0.3, -0.25) is 0 Å². The first-order valence-corrected chi connectivity index (χ1v) is 8.06. The molecule has 0 aliphatic rings. The number of anilines is 2. The molecule has 146 valence electrons. The van der Waals surface area contributed by atoms with Crippen LogP contribution in [0.3, 0.4) is 0 Å². The number of nitrogens with zero attached hydrogens (tertiary/aromatic N) is 3. The number of ether oxygens (including phenoxy) is 1. The summed E-state index contributed by atoms with van der Waals surface area (Å²) in [6.45, 7) is 0.720. The monoisotopic (exact) mass is 403 g/mol. The molecule has 0 spiro atoms. The maximum Gasteiger partial charge on any atom is 0.416 e. The lowest BCUT2D eigenvalue weighted by atomic mass is 10.2. The summed E-state index contributed by atoms with van der Waals surface area (Å²) in [6.07, 6.45) is -2.06. The maximum absolute atomic E-state index is 13.1. The summed E-state index contributed by atoms with van der Waals surface area (Å²) < 4.78 is 44.7. The predicted molar refractivity (Wildman–Crippen MR) is 95.2 cm³/mol. The Morgan fingerprint density at radius 2 is 1.78 bits per heavy atom. The molecule has 0 saturated carbocycles. The van der Waals surface area contributed by atoms with Crippen LogP contribution in [-0.4, -0.2) is 48.1 Å². The second-order valence-electron chi connectivity index (χ2n) is 5.72. The van der Waals surface area contributed by atoms with Crippen LogP contribution in [0.25, 0.3) is 0 Å². The lowest BCUT2D eigenvalue weighted by molar-refractivity contribution is -0.137. The van der Waals surface area contributed by atoms with Crippen molar-refractivity contribution in [1.29, 1.82) is 0 Å². The van der Waals surface area contributed by atoms with Crippen LogP contribution in [-0.2, 0) is 6.18 Å². The number of carbonyl (C=O) groups is 1. The van der Waals surface area contributed by atoms with Crippen molar-refractivity contribution in [3.05, 3.63) is 41.4 Å². The van der Waals surface area contributed by atoms with E-state index in [1.54, 1.807) is 0 Å². The molecule has 2 aromatic rings. The van der Waals surface area contributed by atoms with Gasteiger partial charge in [0.25, 0.3) is 0 Å². The molecular weight excluding hydrogens is 387 g/mol. The van der Waals surface area contributed by atoms with E-state index in [0.717, 1.165) is 12.1 Å². The molecule has 2 amide bonds. The van der Waals surface area contributed by atoms with Gasteiger partial charge in [-0.25, -0.2) is 14.8 Å². The summed E-state index contributed by atoms with van der Waals surface area (Å²) in [7, 11) is 3.63. The summed E-state index contributed by atoms with van der Waals surface area (Å²) >= 11 is 5.54. The Kier molecular flexibility index (Phi) is 6.81. The first kappa shape index (κ1) is 20.7. The number of aromatic nitrogens is 2. The first-order chi connectivity index (χ1) is 12.6. The Morgan fingerprint density at radius 1 is 1.15 bits per heavy atom. The van der Waals surface area contributed by atoms with E-state index in [2.05, 4.69) is 20.6 Å². The fourth-order valence-electron chi connectivity index (χ4n) is 1.93. The molecule has 27 heavy (non-hydrogen) atoms. The average Bonchev–Trinajstić information content (AvgIpc) is 2.55. The third-order valence-electron chi connectivity index (χ3n) is 3.18. The Bertz CT molecular complexity index is 785. The number of hydrogen-bond donors (Lipinski definition) is 2. The molecule has 0 fully saturated rings. The fourth-order valence-corrected chi connectivity index (χ4v) is 2.03. The second kappa shape index (κ2) is 8.87. The average molecular weight is 404 g/mol. The number of alkyl halides is 3. The highest BCUT2D eigenvalue weighted by Crippen LogP contribution is 2.34. The number of urea groups is 1. The third-order valence-corrected chi connectivity index (χ3v) is 3.37. The molecule has 0 aliphatic carbocycles. The van der Waals surface area contributed by atoms with Gasteiger partial charge >= 0.3 is 12.2 Å². The second-order valence-corrected chi connectivity index (χ2v) is 6.05. The van der Waals surface area contributed by atoms with E-state index in [4.69, 9.17) is 16.3 Å². The smallest absolute Gasteiger partial charge is 0.416 e. The highest BCUT2D eigenvalue weighted by molar-refractivity contribution is 6.28. The van der Waals surface area contributed by atoms with Gasteiger partial charge in [-0.1, -0.05) is 0 Å². The van der Waals surface area contributed by atoms with Crippen molar-refractivity contribution in [3.8, 4) is 5.75 Å². The van der Waals surface area contributed by atoms with Crippen molar-refractivity contribution < 1.29 is 22.7 Å². The molecule has 0 saturated heterocycles. The molecule has 1 aromatic carbocycles. The minimum Gasteiger partial charge on any atom is -0.492 e. The first-order valence-electron chi connectivity index (χ1n) is 7.69. The SMILES string of the molecule is CN(C)CCOc1cc(NC(=O)Nc2cnc(Cl)nc2)cc(C(F)(F)F)c1. The van der Waals surface area contributed by atoms with E-state index >= 15 is 0 Å². The Labute approximate surface area is 158 Å². The van der Waals surface area contributed by atoms with Crippen molar-refractivity contribution in [2.75, 3.05) is 37.9 Å². The van der Waals surface area contributed by atoms with Crippen LogP contribution in [0.15, 0.2) is 30.6 Å². The van der Waals surface area contributed by atoms with Gasteiger partial charge in [0.05, 0.1) is 23.6 Å². The zero-order valence-electron chi connectivity index (χ0n) is 14.5. The standard InChI is InChI=1S/C16H17ClF3N5O2/c1-25(2)3-4-27-13-6-10(16(18,19)20)5-11(7-13)23-15(26)24-12-8-21-14(17)22-9-12/h5-9H,3-4H2,1-2H3,(H2,23,24,26). The number of halogens is 4. The van der Waals surface area contributed by atoms with Gasteiger partial charge in [-0.15, -0.1) is 0 Å². The lowest BCUT2D eigenvalue weighted by Crippen LogP contribution is -2.21. The highest BCUT2D eigenvalue weighted by Gasteiger charge is 2.31. The zero-order chi connectivity index (χ0) is 20.0. The number of carbonyl (C=O) groups excluding carboxylic acids is 1. The number of nitrogens with one attached hydrogen (secondary N) is 2. The van der Waals surface area contributed by atoms with Crippen LogP contribution >= 0.6 is 11.6 Å². The van der Waals surface area contributed by atoms with E-state index in [-0.39, 0.29) is 29.0 Å². The molecule has 7 nitrogen and oxygen atoms in total. The maximum atomic E-state index is 13.1. The largest absolute Gasteiger partial charge is 0.492 e. The minimum atomic E-state index is -4.59. The van der Waals surface area contributed by atoms with Gasteiger partial charge in [-0.05, 0) is 37.8 Å². The van der Waals surface area contributed by atoms with Crippen LogP contribution in [0.4, 0.5) is 29.3 Å². The van der Waals surface area contributed by atoms with Gasteiger partial charge in [0.15, 0.2) is 0 Å². The normalized spacial score (nSPS) is 11.4. The van der Waals surface area contributed by atoms with E-state index in [9.17, 15) is 18.0 Å². The van der Waals surface area contributed by atoms with Crippen molar-refractivity contribution in [1.82, 2.24) is 14.9 Å². The predicted octanol–water partition coefficient (Wildman–Crippen LogP) is 3.73. The van der Waals surface area contributed by atoms with Crippen LogP contribution in [0.5, 0.6) is 5.75 Å². The Morgan fingerprint density at radius 3 is 2.37 bits per heavy atom. The molecule has 2 N–H and O–H groups in total. The molecule has 1 heterocycles. The topological polar surface area (TPSA) is 79.4 Å². The molecule has 0 unspecified atom stereocenters. The van der Waals surface area contributed by atoms with E-state index < -0.39 is 17.8 Å². The number of amides is 2. The molecule has 0 aliphatic heterocycles. The molecule has 1 aromatic heterocycles. The summed E-state index contributed by atoms with van der Waals surface area (Å²) in [5, 5.41) is 4.72. The van der Waals surface area contributed by atoms with Gasteiger partial charge < -0.3 is 20.3 Å². The molecule has 0 bridgehead atoms. The van der Waals surface area contributed by atoms with Crippen LogP contribution < -0.4 is 15.4 Å². The Hall–Kier alpha value is -2.59. The summed E-state index contributed by atoms with van der Waals surface area (Å²) in [5.74, 6) is -0.00296. The summed E-state index contributed by atoms with van der Waals surface area (Å²) in [4.78, 5) is 21.2. The number of likely N-dealkylation sites (N-methyl/N-ethyl adjacent to an activating group) is 1. The summed E-state index contributed by atoms with van der Waals surface area (Å²) in [5.41, 5.74) is -0.779.